The van der Waals surface area contributed by atoms with Crippen LogP contribution in [0.15, 0.2) is 24.5 Å². The molecule has 2 rings (SSSR count). The number of hydrogen-bond donors (Lipinski definition) is 1. The Balaban J connectivity index is 2.15. The first-order valence-electron chi connectivity index (χ1n) is 4.49. The zero-order valence-electron chi connectivity index (χ0n) is 7.33. The van der Waals surface area contributed by atoms with Crippen LogP contribution in [0.25, 0.3) is 0 Å². The summed E-state index contributed by atoms with van der Waals surface area (Å²) in [6, 6.07) is 4.67. The number of aromatic nitrogens is 1. The second kappa shape index (κ2) is 3.23. The van der Waals surface area contributed by atoms with Gasteiger partial charge in [-0.25, -0.2) is 0 Å². The Labute approximate surface area is 73.0 Å². The van der Waals surface area contributed by atoms with Gasteiger partial charge in [-0.2, -0.15) is 0 Å². The fraction of sp³-hybridized carbons (Fsp3) is 0.500. The highest BCUT2D eigenvalue weighted by Crippen LogP contribution is 2.40. The van der Waals surface area contributed by atoms with Gasteiger partial charge >= 0.3 is 0 Å². The van der Waals surface area contributed by atoms with Crippen LogP contribution in [0.3, 0.4) is 0 Å². The summed E-state index contributed by atoms with van der Waals surface area (Å²) in [7, 11) is 2.02. The van der Waals surface area contributed by atoms with Gasteiger partial charge in [0, 0.05) is 18.4 Å². The second-order valence-corrected chi connectivity index (χ2v) is 3.39. The van der Waals surface area contributed by atoms with E-state index in [1.165, 1.54) is 18.4 Å². The molecule has 1 aromatic rings. The molecule has 12 heavy (non-hydrogen) atoms. The van der Waals surface area contributed by atoms with E-state index in [1.807, 2.05) is 25.5 Å². The molecular formula is C10H14N2. The molecule has 0 aliphatic heterocycles. The molecule has 1 aliphatic rings. The summed E-state index contributed by atoms with van der Waals surface area (Å²) in [6.45, 7) is 0. The van der Waals surface area contributed by atoms with Crippen molar-refractivity contribution < 1.29 is 0 Å². The third-order valence-corrected chi connectivity index (χ3v) is 2.45. The van der Waals surface area contributed by atoms with Crippen molar-refractivity contribution in [3.8, 4) is 0 Å². The van der Waals surface area contributed by atoms with Gasteiger partial charge < -0.3 is 5.32 Å². The maximum atomic E-state index is 4.12. The van der Waals surface area contributed by atoms with Gasteiger partial charge in [0.2, 0.25) is 0 Å². The van der Waals surface area contributed by atoms with Crippen LogP contribution in [-0.4, -0.2) is 12.0 Å². The Kier molecular flexibility index (Phi) is 2.09. The lowest BCUT2D eigenvalue weighted by Crippen LogP contribution is -2.18. The van der Waals surface area contributed by atoms with Gasteiger partial charge in [0.05, 0.1) is 0 Å². The molecule has 64 valence electrons. The van der Waals surface area contributed by atoms with E-state index in [2.05, 4.69) is 16.4 Å². The van der Waals surface area contributed by atoms with Gasteiger partial charge in [0.1, 0.15) is 0 Å². The molecule has 2 nitrogen and oxygen atoms in total. The van der Waals surface area contributed by atoms with Gasteiger partial charge in [-0.1, -0.05) is 6.07 Å². The van der Waals surface area contributed by atoms with Crippen LogP contribution in [0.5, 0.6) is 0 Å². The fourth-order valence-electron chi connectivity index (χ4n) is 1.66. The van der Waals surface area contributed by atoms with Gasteiger partial charge in [0.15, 0.2) is 0 Å². The average Bonchev–Trinajstić information content (AvgIpc) is 2.92. The maximum absolute atomic E-state index is 4.12. The monoisotopic (exact) mass is 162 g/mol. The van der Waals surface area contributed by atoms with Crippen LogP contribution >= 0.6 is 0 Å². The van der Waals surface area contributed by atoms with Gasteiger partial charge in [-0.3, -0.25) is 4.98 Å². The third-order valence-electron chi connectivity index (χ3n) is 2.45. The molecule has 1 unspecified atom stereocenters. The zero-order chi connectivity index (χ0) is 8.39. The molecule has 1 atom stereocenters. The van der Waals surface area contributed by atoms with E-state index in [4.69, 9.17) is 0 Å². The second-order valence-electron chi connectivity index (χ2n) is 3.39. The van der Waals surface area contributed by atoms with E-state index in [0.29, 0.717) is 6.04 Å². The maximum Gasteiger partial charge on any atom is 0.0361 e. The summed E-state index contributed by atoms with van der Waals surface area (Å²) < 4.78 is 0. The first-order valence-corrected chi connectivity index (χ1v) is 4.49. The quantitative estimate of drug-likeness (QED) is 0.732. The van der Waals surface area contributed by atoms with Crippen molar-refractivity contribution in [2.75, 3.05) is 7.05 Å². The average molecular weight is 162 g/mol. The van der Waals surface area contributed by atoms with E-state index in [-0.39, 0.29) is 0 Å². The lowest BCUT2D eigenvalue weighted by Gasteiger charge is -2.14. The van der Waals surface area contributed by atoms with Crippen LogP contribution in [-0.2, 0) is 0 Å². The minimum absolute atomic E-state index is 0.527. The lowest BCUT2D eigenvalue weighted by molar-refractivity contribution is 0.527. The number of nitrogens with one attached hydrogen (secondary N) is 1. The van der Waals surface area contributed by atoms with Crippen LogP contribution in [0.4, 0.5) is 0 Å². The molecule has 0 radical (unpaired) electrons. The Morgan fingerprint density at radius 1 is 1.58 bits per heavy atom. The van der Waals surface area contributed by atoms with Gasteiger partial charge in [-0.15, -0.1) is 0 Å². The lowest BCUT2D eigenvalue weighted by atomic mass is 10.1. The molecule has 1 heterocycles. The van der Waals surface area contributed by atoms with E-state index in [1.54, 1.807) is 0 Å². The Hall–Kier alpha value is -0.890. The molecule has 1 aliphatic carbocycles. The predicted octanol–water partition coefficient (Wildman–Crippen LogP) is 1.75. The minimum atomic E-state index is 0.527. The van der Waals surface area contributed by atoms with E-state index < -0.39 is 0 Å². The molecule has 1 aromatic heterocycles. The zero-order valence-corrected chi connectivity index (χ0v) is 7.33. The molecule has 1 saturated carbocycles. The first-order chi connectivity index (χ1) is 5.92. The van der Waals surface area contributed by atoms with Crippen LogP contribution in [0.1, 0.15) is 24.4 Å². The Morgan fingerprint density at radius 3 is 2.92 bits per heavy atom. The minimum Gasteiger partial charge on any atom is -0.313 e. The van der Waals surface area contributed by atoms with Crippen molar-refractivity contribution in [1.29, 1.82) is 0 Å². The smallest absolute Gasteiger partial charge is 0.0361 e. The van der Waals surface area contributed by atoms with Crippen molar-refractivity contribution in [1.82, 2.24) is 10.3 Å². The summed E-state index contributed by atoms with van der Waals surface area (Å²) in [5.74, 6) is 0.846. The predicted molar refractivity (Wildman–Crippen MR) is 48.8 cm³/mol. The van der Waals surface area contributed by atoms with Crippen LogP contribution in [0.2, 0.25) is 0 Å². The fourth-order valence-corrected chi connectivity index (χ4v) is 1.66. The molecule has 0 saturated heterocycles. The Bertz CT molecular complexity index is 241. The van der Waals surface area contributed by atoms with Crippen molar-refractivity contribution >= 4 is 0 Å². The third kappa shape index (κ3) is 1.48. The largest absolute Gasteiger partial charge is 0.313 e. The summed E-state index contributed by atoms with van der Waals surface area (Å²) in [5, 5.41) is 3.34. The van der Waals surface area contributed by atoms with Crippen LogP contribution in [0, 0.1) is 5.92 Å². The molecule has 0 amide bonds. The Morgan fingerprint density at radius 2 is 2.42 bits per heavy atom. The van der Waals surface area contributed by atoms with Crippen molar-refractivity contribution in [2.24, 2.45) is 5.92 Å². The van der Waals surface area contributed by atoms with E-state index in [0.717, 1.165) is 5.92 Å². The van der Waals surface area contributed by atoms with E-state index >= 15 is 0 Å². The highest BCUT2D eigenvalue weighted by Gasteiger charge is 2.30. The number of hydrogen-bond acceptors (Lipinski definition) is 2. The molecule has 0 spiro atoms. The molecule has 1 fully saturated rings. The number of pyridine rings is 1. The summed E-state index contributed by atoms with van der Waals surface area (Å²) >= 11 is 0. The summed E-state index contributed by atoms with van der Waals surface area (Å²) in [5.41, 5.74) is 1.32. The molecule has 0 bridgehead atoms. The van der Waals surface area contributed by atoms with Crippen molar-refractivity contribution in [2.45, 2.75) is 18.9 Å². The van der Waals surface area contributed by atoms with Crippen molar-refractivity contribution in [3.63, 3.8) is 0 Å². The summed E-state index contributed by atoms with van der Waals surface area (Å²) in [4.78, 5) is 4.12. The van der Waals surface area contributed by atoms with Gasteiger partial charge in [-0.05, 0) is 37.4 Å². The molecule has 2 heteroatoms. The normalized spacial score (nSPS) is 19.1. The van der Waals surface area contributed by atoms with E-state index in [9.17, 15) is 0 Å². The van der Waals surface area contributed by atoms with Gasteiger partial charge in [0.25, 0.3) is 0 Å². The molecular weight excluding hydrogens is 148 g/mol. The summed E-state index contributed by atoms with van der Waals surface area (Å²) in [6.07, 6.45) is 6.50. The standard InChI is InChI=1S/C10H14N2/c1-11-10(8-4-5-8)9-3-2-6-12-7-9/h2-3,6-8,10-11H,4-5H2,1H3. The number of nitrogens with zero attached hydrogens (tertiary/aromatic N) is 1. The SMILES string of the molecule is CNC(c1cccnc1)C1CC1. The van der Waals surface area contributed by atoms with Crippen LogP contribution < -0.4 is 5.32 Å². The first kappa shape index (κ1) is 7.74. The highest BCUT2D eigenvalue weighted by molar-refractivity contribution is 5.16. The van der Waals surface area contributed by atoms with Crippen molar-refractivity contribution in [3.05, 3.63) is 30.1 Å². The molecule has 1 N–H and O–H groups in total. The highest BCUT2D eigenvalue weighted by atomic mass is 14.9. The topological polar surface area (TPSA) is 24.9 Å². The molecule has 0 aromatic carbocycles. The number of rotatable bonds is 3.